The molecule has 2 nitrogen and oxygen atoms in total. The highest BCUT2D eigenvalue weighted by Gasteiger charge is 2.53. The molecule has 2 spiro atoms. The van der Waals surface area contributed by atoms with Gasteiger partial charge in [-0.15, -0.1) is 0 Å². The van der Waals surface area contributed by atoms with Crippen LogP contribution in [0.25, 0.3) is 105 Å². The summed E-state index contributed by atoms with van der Waals surface area (Å²) in [6, 6.07) is 123. The fourth-order valence-corrected chi connectivity index (χ4v) is 16.5. The molecule has 88 heavy (non-hydrogen) atoms. The maximum atomic E-state index is 2.55. The molecule has 0 N–H and O–H groups in total. The van der Waals surface area contributed by atoms with Crippen molar-refractivity contribution in [2.24, 2.45) is 0 Å². The molecule has 14 aromatic carbocycles. The van der Waals surface area contributed by atoms with E-state index in [1.165, 1.54) is 144 Å². The number of hydrogen-bond donors (Lipinski definition) is 0. The molecular weight excluding hydrogens is 1060 g/mol. The van der Waals surface area contributed by atoms with Crippen LogP contribution in [-0.2, 0) is 10.8 Å². The van der Waals surface area contributed by atoms with Crippen molar-refractivity contribution in [3.8, 4) is 83.6 Å². The molecule has 0 amide bonds. The van der Waals surface area contributed by atoms with Gasteiger partial charge in [0.15, 0.2) is 0 Å². The Kier molecular flexibility index (Phi) is 10.3. The number of aromatic nitrogens is 1. The fraction of sp³-hybridized carbons (Fsp3) is 0.0233. The van der Waals surface area contributed by atoms with Crippen molar-refractivity contribution in [3.63, 3.8) is 0 Å². The van der Waals surface area contributed by atoms with Gasteiger partial charge in [0.2, 0.25) is 0 Å². The minimum Gasteiger partial charge on any atom is -0.310 e. The molecule has 0 bridgehead atoms. The van der Waals surface area contributed by atoms with Crippen molar-refractivity contribution in [1.82, 2.24) is 4.57 Å². The molecule has 19 rings (SSSR count). The first-order chi connectivity index (χ1) is 43.7. The minimum absolute atomic E-state index is 0.447. The van der Waals surface area contributed by atoms with Crippen molar-refractivity contribution in [2.75, 3.05) is 4.90 Å². The maximum Gasteiger partial charge on any atom is 0.0726 e. The smallest absolute Gasteiger partial charge is 0.0726 e. The number of benzene rings is 14. The van der Waals surface area contributed by atoms with Crippen molar-refractivity contribution >= 4 is 38.9 Å². The van der Waals surface area contributed by atoms with Gasteiger partial charge < -0.3 is 9.47 Å². The van der Waals surface area contributed by atoms with E-state index < -0.39 is 10.8 Å². The number of hydrogen-bond acceptors (Lipinski definition) is 1. The minimum atomic E-state index is -0.465. The monoisotopic (exact) mass is 1110 g/mol. The van der Waals surface area contributed by atoms with Crippen LogP contribution in [0.5, 0.6) is 0 Å². The number of rotatable bonds is 7. The lowest BCUT2D eigenvalue weighted by molar-refractivity contribution is 0.793. The molecule has 15 aromatic rings. The average molecular weight is 1120 g/mol. The Hall–Kier alpha value is -11.3. The number of anilines is 3. The predicted octanol–water partition coefficient (Wildman–Crippen LogP) is 21.9. The van der Waals surface area contributed by atoms with Gasteiger partial charge in [-0.3, -0.25) is 0 Å². The summed E-state index contributed by atoms with van der Waals surface area (Å²) in [7, 11) is 0. The molecule has 2 heteroatoms. The molecule has 0 saturated heterocycles. The number of nitrogens with zero attached hydrogens (tertiary/aromatic N) is 2. The van der Waals surface area contributed by atoms with Gasteiger partial charge in [0.1, 0.15) is 0 Å². The summed E-state index contributed by atoms with van der Waals surface area (Å²) in [5, 5.41) is 2.44. The molecule has 408 valence electrons. The number of fused-ring (bicyclic) bond motifs is 23. The van der Waals surface area contributed by atoms with Gasteiger partial charge in [0.05, 0.1) is 27.6 Å². The van der Waals surface area contributed by atoms with Crippen molar-refractivity contribution in [3.05, 3.63) is 372 Å². The molecule has 1 heterocycles. The van der Waals surface area contributed by atoms with E-state index in [9.17, 15) is 0 Å². The van der Waals surface area contributed by atoms with E-state index in [4.69, 9.17) is 0 Å². The molecule has 4 aliphatic carbocycles. The maximum absolute atomic E-state index is 2.55. The second-order valence-corrected chi connectivity index (χ2v) is 24.2. The SMILES string of the molecule is c1ccc(-c2ccc(N(c3ccc(-c4ccc5c(c4)c4cc(-c6ccccc6)ccc4n5-c4cccc5c4-c4ccccc4C54c5ccccc5-c5ccccc54)cc3)c3ccc4c(c3)C3(c5ccccc5-c5ccccc53)c3ccccc3-4)cc2)cc1. The van der Waals surface area contributed by atoms with E-state index in [-0.39, 0.29) is 0 Å². The van der Waals surface area contributed by atoms with Gasteiger partial charge in [0.25, 0.3) is 0 Å². The third kappa shape index (κ3) is 6.61. The Morgan fingerprint density at radius 3 is 1.01 bits per heavy atom. The van der Waals surface area contributed by atoms with Crippen LogP contribution < -0.4 is 4.90 Å². The lowest BCUT2D eigenvalue weighted by atomic mass is 9.70. The zero-order valence-electron chi connectivity index (χ0n) is 48.1. The van der Waals surface area contributed by atoms with Gasteiger partial charge in [-0.2, -0.15) is 0 Å². The molecule has 0 aliphatic heterocycles. The molecule has 0 unspecified atom stereocenters. The van der Waals surface area contributed by atoms with Gasteiger partial charge in [-0.1, -0.05) is 261 Å². The first kappa shape index (κ1) is 49.0. The lowest BCUT2D eigenvalue weighted by Crippen LogP contribution is -2.26. The highest BCUT2D eigenvalue weighted by molar-refractivity contribution is 6.13. The van der Waals surface area contributed by atoms with Crippen LogP contribution in [0.3, 0.4) is 0 Å². The van der Waals surface area contributed by atoms with E-state index in [0.29, 0.717) is 0 Å². The topological polar surface area (TPSA) is 8.17 Å². The first-order valence-electron chi connectivity index (χ1n) is 30.7. The van der Waals surface area contributed by atoms with Crippen LogP contribution in [0.4, 0.5) is 17.1 Å². The standard InChI is InChI=1S/C86H54N2/c1-3-20-55(21-4-1)57-38-44-61(45-39-57)87(63-48-49-69-68-28-11-17-34-77(68)86(80(69)54-63)75-32-15-9-26-66(75)67-27-10-16-33-76(67)86)62-46-40-58(41-47-62)60-43-51-82-72(53-60)71-52-59(56-22-5-2-6-23-56)42-50-81(71)88(82)83-37-19-36-79-84(83)70-29-12-18-35-78(70)85(79)73-30-13-7-24-64(73)65-25-8-14-31-74(65)85/h1-54H. The van der Waals surface area contributed by atoms with Gasteiger partial charge in [-0.05, 0) is 184 Å². The van der Waals surface area contributed by atoms with Crippen LogP contribution in [-0.4, -0.2) is 4.57 Å². The molecule has 1 aromatic heterocycles. The van der Waals surface area contributed by atoms with Crippen LogP contribution in [0, 0.1) is 0 Å². The summed E-state index contributed by atoms with van der Waals surface area (Å²) >= 11 is 0. The highest BCUT2D eigenvalue weighted by atomic mass is 15.1. The first-order valence-corrected chi connectivity index (χ1v) is 30.7. The Balaban J connectivity index is 0.777. The zero-order valence-corrected chi connectivity index (χ0v) is 48.1. The Morgan fingerprint density at radius 2 is 0.545 bits per heavy atom. The van der Waals surface area contributed by atoms with Crippen molar-refractivity contribution in [1.29, 1.82) is 0 Å². The largest absolute Gasteiger partial charge is 0.310 e. The lowest BCUT2D eigenvalue weighted by Gasteiger charge is -2.32. The van der Waals surface area contributed by atoms with E-state index in [1.54, 1.807) is 0 Å². The molecular formula is C86H54N2. The summed E-state index contributed by atoms with van der Waals surface area (Å²) < 4.78 is 2.55. The van der Waals surface area contributed by atoms with E-state index in [0.717, 1.165) is 22.6 Å². The summed E-state index contributed by atoms with van der Waals surface area (Å²) in [6.07, 6.45) is 0. The van der Waals surface area contributed by atoms with Gasteiger partial charge in [-0.25, -0.2) is 0 Å². The van der Waals surface area contributed by atoms with Crippen molar-refractivity contribution in [2.45, 2.75) is 10.8 Å². The van der Waals surface area contributed by atoms with Gasteiger partial charge in [0, 0.05) is 33.4 Å². The molecule has 0 radical (unpaired) electrons. The van der Waals surface area contributed by atoms with E-state index in [2.05, 4.69) is 337 Å². The third-order valence-corrected chi connectivity index (χ3v) is 20.0. The Bertz CT molecular complexity index is 5270. The van der Waals surface area contributed by atoms with Crippen LogP contribution in [0.2, 0.25) is 0 Å². The fourth-order valence-electron chi connectivity index (χ4n) is 16.5. The zero-order chi connectivity index (χ0) is 57.7. The van der Waals surface area contributed by atoms with Crippen LogP contribution in [0.1, 0.15) is 44.5 Å². The third-order valence-electron chi connectivity index (χ3n) is 20.0. The molecule has 4 aliphatic rings. The van der Waals surface area contributed by atoms with Gasteiger partial charge >= 0.3 is 0 Å². The molecule has 0 fully saturated rings. The second kappa shape index (κ2) is 18.6. The summed E-state index contributed by atoms with van der Waals surface area (Å²) in [4.78, 5) is 2.45. The quantitative estimate of drug-likeness (QED) is 0.154. The average Bonchev–Trinajstić information content (AvgIpc) is 1.53. The predicted molar refractivity (Wildman–Crippen MR) is 364 cm³/mol. The van der Waals surface area contributed by atoms with Crippen molar-refractivity contribution < 1.29 is 0 Å². The van der Waals surface area contributed by atoms with Crippen LogP contribution in [0.15, 0.2) is 328 Å². The van der Waals surface area contributed by atoms with E-state index >= 15 is 0 Å². The highest BCUT2D eigenvalue weighted by Crippen LogP contribution is 2.65. The Labute approximate surface area is 511 Å². The normalized spacial score (nSPS) is 13.6. The molecule has 0 saturated carbocycles. The van der Waals surface area contributed by atoms with Crippen LogP contribution >= 0.6 is 0 Å². The summed E-state index contributed by atoms with van der Waals surface area (Å²) in [6.45, 7) is 0. The summed E-state index contributed by atoms with van der Waals surface area (Å²) in [5.41, 5.74) is 34.1. The second-order valence-electron chi connectivity index (χ2n) is 24.2. The summed E-state index contributed by atoms with van der Waals surface area (Å²) in [5.74, 6) is 0. The Morgan fingerprint density at radius 1 is 0.216 bits per heavy atom. The van der Waals surface area contributed by atoms with E-state index in [1.807, 2.05) is 0 Å². The molecule has 0 atom stereocenters.